The van der Waals surface area contributed by atoms with E-state index in [0.29, 0.717) is 17.3 Å². The molecule has 0 unspecified atom stereocenters. The van der Waals surface area contributed by atoms with Crippen LogP contribution >= 0.6 is 15.9 Å². The van der Waals surface area contributed by atoms with Crippen LogP contribution in [0.4, 0.5) is 4.39 Å². The SMILES string of the molecule is Cc1ccccc1CCC(=O)c1cccc(Br)c1F. The van der Waals surface area contributed by atoms with E-state index in [1.54, 1.807) is 12.1 Å². The van der Waals surface area contributed by atoms with E-state index in [1.807, 2.05) is 31.2 Å². The van der Waals surface area contributed by atoms with Gasteiger partial charge in [0, 0.05) is 6.42 Å². The molecule has 0 radical (unpaired) electrons. The van der Waals surface area contributed by atoms with Gasteiger partial charge in [0.15, 0.2) is 5.78 Å². The maximum atomic E-state index is 13.8. The number of hydrogen-bond donors (Lipinski definition) is 0. The summed E-state index contributed by atoms with van der Waals surface area (Å²) in [6, 6.07) is 12.7. The van der Waals surface area contributed by atoms with Crippen LogP contribution < -0.4 is 0 Å². The first-order chi connectivity index (χ1) is 9.09. The van der Waals surface area contributed by atoms with E-state index >= 15 is 0 Å². The Balaban J connectivity index is 2.10. The molecule has 0 heterocycles. The fraction of sp³-hybridized carbons (Fsp3) is 0.188. The lowest BCUT2D eigenvalue weighted by molar-refractivity contribution is 0.0979. The first-order valence-corrected chi connectivity index (χ1v) is 6.90. The highest BCUT2D eigenvalue weighted by molar-refractivity contribution is 9.10. The normalized spacial score (nSPS) is 10.5. The molecule has 0 fully saturated rings. The summed E-state index contributed by atoms with van der Waals surface area (Å²) in [6.07, 6.45) is 0.954. The van der Waals surface area contributed by atoms with Crippen LogP contribution in [0.25, 0.3) is 0 Å². The van der Waals surface area contributed by atoms with Crippen LogP contribution in [0.15, 0.2) is 46.9 Å². The summed E-state index contributed by atoms with van der Waals surface area (Å²) in [6.45, 7) is 2.01. The molecule has 0 atom stereocenters. The van der Waals surface area contributed by atoms with Crippen LogP contribution in [0, 0.1) is 12.7 Å². The number of rotatable bonds is 4. The number of carbonyl (C=O) groups is 1. The van der Waals surface area contributed by atoms with E-state index in [4.69, 9.17) is 0 Å². The number of ketones is 1. The van der Waals surface area contributed by atoms with Gasteiger partial charge >= 0.3 is 0 Å². The van der Waals surface area contributed by atoms with E-state index in [9.17, 15) is 9.18 Å². The molecule has 0 amide bonds. The first-order valence-electron chi connectivity index (χ1n) is 6.11. The molecule has 0 aromatic heterocycles. The summed E-state index contributed by atoms with van der Waals surface area (Å²) in [5.41, 5.74) is 2.44. The summed E-state index contributed by atoms with van der Waals surface area (Å²) in [5.74, 6) is -0.640. The molecule has 3 heteroatoms. The third kappa shape index (κ3) is 3.29. The summed E-state index contributed by atoms with van der Waals surface area (Å²) >= 11 is 3.09. The second-order valence-corrected chi connectivity index (χ2v) is 5.31. The van der Waals surface area contributed by atoms with Gasteiger partial charge in [0.05, 0.1) is 10.0 Å². The maximum Gasteiger partial charge on any atom is 0.166 e. The van der Waals surface area contributed by atoms with Crippen molar-refractivity contribution in [2.45, 2.75) is 19.8 Å². The van der Waals surface area contributed by atoms with Crippen molar-refractivity contribution >= 4 is 21.7 Å². The quantitative estimate of drug-likeness (QED) is 0.745. The lowest BCUT2D eigenvalue weighted by Gasteiger charge is -2.06. The van der Waals surface area contributed by atoms with Gasteiger partial charge in [0.2, 0.25) is 0 Å². The van der Waals surface area contributed by atoms with Crippen LogP contribution in [0.3, 0.4) is 0 Å². The largest absolute Gasteiger partial charge is 0.294 e. The van der Waals surface area contributed by atoms with Gasteiger partial charge in [-0.2, -0.15) is 0 Å². The van der Waals surface area contributed by atoms with Crippen molar-refractivity contribution < 1.29 is 9.18 Å². The van der Waals surface area contributed by atoms with Gasteiger partial charge in [-0.15, -0.1) is 0 Å². The number of benzene rings is 2. The smallest absolute Gasteiger partial charge is 0.166 e. The second kappa shape index (κ2) is 6.11. The third-order valence-corrected chi connectivity index (χ3v) is 3.75. The van der Waals surface area contributed by atoms with Crippen molar-refractivity contribution in [1.82, 2.24) is 0 Å². The monoisotopic (exact) mass is 320 g/mol. The fourth-order valence-corrected chi connectivity index (χ4v) is 2.36. The molecule has 0 aliphatic heterocycles. The molecule has 2 aromatic carbocycles. The Labute approximate surface area is 120 Å². The lowest BCUT2D eigenvalue weighted by Crippen LogP contribution is -2.05. The summed E-state index contributed by atoms with van der Waals surface area (Å²) in [4.78, 5) is 12.0. The predicted molar refractivity (Wildman–Crippen MR) is 77.9 cm³/mol. The van der Waals surface area contributed by atoms with Crippen molar-refractivity contribution in [3.63, 3.8) is 0 Å². The molecular weight excluding hydrogens is 307 g/mol. The Kier molecular flexibility index (Phi) is 4.48. The molecule has 0 saturated carbocycles. The average Bonchev–Trinajstić information content (AvgIpc) is 2.40. The lowest BCUT2D eigenvalue weighted by atomic mass is 9.99. The molecule has 0 spiro atoms. The molecule has 0 aliphatic carbocycles. The Hall–Kier alpha value is -1.48. The highest BCUT2D eigenvalue weighted by Crippen LogP contribution is 2.20. The van der Waals surface area contributed by atoms with Gasteiger partial charge < -0.3 is 0 Å². The van der Waals surface area contributed by atoms with Crippen molar-refractivity contribution in [3.8, 4) is 0 Å². The number of aryl methyl sites for hydroxylation is 2. The molecule has 0 aliphatic rings. The van der Waals surface area contributed by atoms with Crippen LogP contribution in [-0.2, 0) is 6.42 Å². The van der Waals surface area contributed by atoms with Crippen LogP contribution in [0.1, 0.15) is 27.9 Å². The summed E-state index contributed by atoms with van der Waals surface area (Å²) < 4.78 is 14.1. The number of carbonyl (C=O) groups excluding carboxylic acids is 1. The van der Waals surface area contributed by atoms with Gasteiger partial charge in [-0.05, 0) is 52.5 Å². The molecule has 2 rings (SSSR count). The van der Waals surface area contributed by atoms with Crippen molar-refractivity contribution in [1.29, 1.82) is 0 Å². The topological polar surface area (TPSA) is 17.1 Å². The van der Waals surface area contributed by atoms with E-state index in [-0.39, 0.29) is 11.3 Å². The molecule has 19 heavy (non-hydrogen) atoms. The first kappa shape index (κ1) is 13.9. The van der Waals surface area contributed by atoms with Crippen molar-refractivity contribution in [2.24, 2.45) is 0 Å². The van der Waals surface area contributed by atoms with Gasteiger partial charge in [-0.3, -0.25) is 4.79 Å². The number of Topliss-reactive ketones (excluding diaryl/α,β-unsaturated/α-hetero) is 1. The average molecular weight is 321 g/mol. The summed E-state index contributed by atoms with van der Waals surface area (Å²) in [7, 11) is 0. The number of halogens is 2. The zero-order valence-corrected chi connectivity index (χ0v) is 12.2. The minimum absolute atomic E-state index is 0.156. The maximum absolute atomic E-state index is 13.8. The minimum atomic E-state index is -0.475. The molecule has 0 N–H and O–H groups in total. The predicted octanol–water partition coefficient (Wildman–Crippen LogP) is 4.71. The van der Waals surface area contributed by atoms with Crippen LogP contribution in [-0.4, -0.2) is 5.78 Å². The Morgan fingerprint density at radius 3 is 2.63 bits per heavy atom. The molecular formula is C16H14BrFO. The Morgan fingerprint density at radius 1 is 1.16 bits per heavy atom. The van der Waals surface area contributed by atoms with Crippen LogP contribution in [0.5, 0.6) is 0 Å². The van der Waals surface area contributed by atoms with E-state index in [0.717, 1.165) is 11.1 Å². The standard InChI is InChI=1S/C16H14BrFO/c1-11-5-2-3-6-12(11)9-10-15(19)13-7-4-8-14(17)16(13)18/h2-8H,9-10H2,1H3. The highest BCUT2D eigenvalue weighted by atomic mass is 79.9. The zero-order chi connectivity index (χ0) is 13.8. The van der Waals surface area contributed by atoms with E-state index < -0.39 is 5.82 Å². The minimum Gasteiger partial charge on any atom is -0.294 e. The van der Waals surface area contributed by atoms with Gasteiger partial charge in [0.1, 0.15) is 5.82 Å². The van der Waals surface area contributed by atoms with Gasteiger partial charge in [-0.1, -0.05) is 30.3 Å². The van der Waals surface area contributed by atoms with Gasteiger partial charge in [-0.25, -0.2) is 4.39 Å². The zero-order valence-electron chi connectivity index (χ0n) is 10.6. The molecule has 2 aromatic rings. The van der Waals surface area contributed by atoms with E-state index in [2.05, 4.69) is 15.9 Å². The molecule has 0 bridgehead atoms. The molecule has 1 nitrogen and oxygen atoms in total. The Morgan fingerprint density at radius 2 is 1.89 bits per heavy atom. The van der Waals surface area contributed by atoms with E-state index in [1.165, 1.54) is 6.07 Å². The third-order valence-electron chi connectivity index (χ3n) is 3.13. The summed E-state index contributed by atoms with van der Waals surface area (Å²) in [5, 5.41) is 0. The Bertz CT molecular complexity index is 607. The van der Waals surface area contributed by atoms with Crippen molar-refractivity contribution in [2.75, 3.05) is 0 Å². The molecule has 0 saturated heterocycles. The van der Waals surface area contributed by atoms with Crippen molar-refractivity contribution in [3.05, 3.63) is 69.4 Å². The van der Waals surface area contributed by atoms with Crippen LogP contribution in [0.2, 0.25) is 0 Å². The second-order valence-electron chi connectivity index (χ2n) is 4.45. The highest BCUT2D eigenvalue weighted by Gasteiger charge is 2.13. The molecule has 98 valence electrons. The van der Waals surface area contributed by atoms with Gasteiger partial charge in [0.25, 0.3) is 0 Å². The number of hydrogen-bond acceptors (Lipinski definition) is 1. The fourth-order valence-electron chi connectivity index (χ4n) is 1.99.